The van der Waals surface area contributed by atoms with Gasteiger partial charge in [0.1, 0.15) is 0 Å². The van der Waals surface area contributed by atoms with Crippen LogP contribution in [0.25, 0.3) is 0 Å². The third-order valence-corrected chi connectivity index (χ3v) is 3.34. The number of hydrogen-bond donors (Lipinski definition) is 2. The Kier molecular flexibility index (Phi) is 5.26. The number of nitrogens with zero attached hydrogens (tertiary/aromatic N) is 1. The maximum atomic E-state index is 11.2. The first-order valence-electron chi connectivity index (χ1n) is 5.16. The molecule has 18 heavy (non-hydrogen) atoms. The Bertz CT molecular complexity index is 463. The summed E-state index contributed by atoms with van der Waals surface area (Å²) >= 11 is 1.18. The highest BCUT2D eigenvalue weighted by Gasteiger charge is 2.18. The lowest BCUT2D eigenvalue weighted by atomic mass is 10.1. The Balaban J connectivity index is 2.93. The van der Waals surface area contributed by atoms with Crippen molar-refractivity contribution in [3.8, 4) is 0 Å². The Labute approximate surface area is 108 Å². The fourth-order valence-corrected chi connectivity index (χ4v) is 2.14. The lowest BCUT2D eigenvalue weighted by Crippen LogP contribution is -2.14. The van der Waals surface area contributed by atoms with Crippen molar-refractivity contribution in [2.24, 2.45) is 0 Å². The van der Waals surface area contributed by atoms with Gasteiger partial charge in [0.2, 0.25) is 0 Å². The SMILES string of the molecule is CC(=O)c1ccc(SCC(O)CO)cc1[N+](=O)[O-]. The van der Waals surface area contributed by atoms with Crippen molar-refractivity contribution >= 4 is 23.2 Å². The van der Waals surface area contributed by atoms with Crippen molar-refractivity contribution in [3.05, 3.63) is 33.9 Å². The molecule has 1 aromatic rings. The van der Waals surface area contributed by atoms with E-state index >= 15 is 0 Å². The Morgan fingerprint density at radius 2 is 2.22 bits per heavy atom. The van der Waals surface area contributed by atoms with Crippen molar-refractivity contribution in [3.63, 3.8) is 0 Å². The van der Waals surface area contributed by atoms with E-state index in [4.69, 9.17) is 5.11 Å². The van der Waals surface area contributed by atoms with Crippen LogP contribution in [0.2, 0.25) is 0 Å². The zero-order valence-electron chi connectivity index (χ0n) is 9.70. The van der Waals surface area contributed by atoms with Gasteiger partial charge < -0.3 is 10.2 Å². The molecule has 0 saturated carbocycles. The maximum Gasteiger partial charge on any atom is 0.281 e. The first-order valence-corrected chi connectivity index (χ1v) is 6.15. The third kappa shape index (κ3) is 3.80. The van der Waals surface area contributed by atoms with E-state index in [-0.39, 0.29) is 29.4 Å². The van der Waals surface area contributed by atoms with Crippen molar-refractivity contribution in [1.82, 2.24) is 0 Å². The second kappa shape index (κ2) is 6.48. The number of carbonyl (C=O) groups is 1. The van der Waals surface area contributed by atoms with E-state index in [0.29, 0.717) is 4.90 Å². The molecule has 0 bridgehead atoms. The fraction of sp³-hybridized carbons (Fsp3) is 0.364. The number of thioether (sulfide) groups is 1. The smallest absolute Gasteiger partial charge is 0.281 e. The topological polar surface area (TPSA) is 101 Å². The average molecular weight is 271 g/mol. The molecule has 0 radical (unpaired) electrons. The van der Waals surface area contributed by atoms with E-state index in [1.165, 1.54) is 30.8 Å². The van der Waals surface area contributed by atoms with Crippen LogP contribution in [0, 0.1) is 10.1 Å². The zero-order valence-corrected chi connectivity index (χ0v) is 10.5. The van der Waals surface area contributed by atoms with E-state index in [1.807, 2.05) is 0 Å². The summed E-state index contributed by atoms with van der Waals surface area (Å²) in [4.78, 5) is 22.0. The minimum absolute atomic E-state index is 0.0621. The van der Waals surface area contributed by atoms with Gasteiger partial charge in [-0.05, 0) is 19.1 Å². The molecule has 98 valence electrons. The number of aliphatic hydroxyl groups is 2. The van der Waals surface area contributed by atoms with Gasteiger partial charge >= 0.3 is 0 Å². The van der Waals surface area contributed by atoms with Gasteiger partial charge in [-0.3, -0.25) is 14.9 Å². The van der Waals surface area contributed by atoms with E-state index in [0.717, 1.165) is 0 Å². The average Bonchev–Trinajstić information content (AvgIpc) is 2.35. The summed E-state index contributed by atoms with van der Waals surface area (Å²) in [6.45, 7) is 0.908. The summed E-state index contributed by atoms with van der Waals surface area (Å²) in [7, 11) is 0. The van der Waals surface area contributed by atoms with Crippen LogP contribution in [0.15, 0.2) is 23.1 Å². The predicted octanol–water partition coefficient (Wildman–Crippen LogP) is 1.24. The van der Waals surface area contributed by atoms with E-state index in [9.17, 15) is 20.0 Å². The summed E-state index contributed by atoms with van der Waals surface area (Å²) in [6, 6.07) is 4.28. The van der Waals surface area contributed by atoms with Gasteiger partial charge in [-0.15, -0.1) is 11.8 Å². The second-order valence-corrected chi connectivity index (χ2v) is 4.73. The number of rotatable bonds is 6. The molecule has 1 rings (SSSR count). The van der Waals surface area contributed by atoms with Gasteiger partial charge in [-0.1, -0.05) is 0 Å². The quantitative estimate of drug-likeness (QED) is 0.349. The monoisotopic (exact) mass is 271 g/mol. The van der Waals surface area contributed by atoms with Crippen LogP contribution in [0.1, 0.15) is 17.3 Å². The summed E-state index contributed by atoms with van der Waals surface area (Å²) < 4.78 is 0. The van der Waals surface area contributed by atoms with Gasteiger partial charge in [0, 0.05) is 16.7 Å². The van der Waals surface area contributed by atoms with Crippen LogP contribution in [0.4, 0.5) is 5.69 Å². The maximum absolute atomic E-state index is 11.2. The molecule has 1 unspecified atom stereocenters. The van der Waals surface area contributed by atoms with Crippen molar-refractivity contribution in [1.29, 1.82) is 0 Å². The molecule has 0 spiro atoms. The molecule has 0 aliphatic carbocycles. The molecule has 0 fully saturated rings. The molecular formula is C11H13NO5S. The molecule has 1 aromatic carbocycles. The molecule has 0 aliphatic rings. The second-order valence-electron chi connectivity index (χ2n) is 3.64. The van der Waals surface area contributed by atoms with Crippen LogP contribution in [0.5, 0.6) is 0 Å². The highest BCUT2D eigenvalue weighted by molar-refractivity contribution is 7.99. The molecular weight excluding hydrogens is 258 g/mol. The molecule has 6 nitrogen and oxygen atoms in total. The normalized spacial score (nSPS) is 12.2. The molecule has 2 N–H and O–H groups in total. The van der Waals surface area contributed by atoms with Crippen LogP contribution < -0.4 is 0 Å². The molecule has 0 heterocycles. The summed E-state index contributed by atoms with van der Waals surface area (Å²) in [6.07, 6.45) is -0.874. The zero-order chi connectivity index (χ0) is 13.7. The number of ketones is 1. The van der Waals surface area contributed by atoms with Crippen molar-refractivity contribution < 1.29 is 19.9 Å². The minimum Gasteiger partial charge on any atom is -0.394 e. The molecule has 0 aliphatic heterocycles. The fourth-order valence-electron chi connectivity index (χ4n) is 1.30. The molecule has 0 amide bonds. The lowest BCUT2D eigenvalue weighted by molar-refractivity contribution is -0.385. The van der Waals surface area contributed by atoms with E-state index < -0.39 is 11.0 Å². The predicted molar refractivity (Wildman–Crippen MR) is 66.9 cm³/mol. The van der Waals surface area contributed by atoms with Crippen LogP contribution in [0.3, 0.4) is 0 Å². The number of aliphatic hydroxyl groups excluding tert-OH is 2. The first-order chi connectivity index (χ1) is 8.45. The van der Waals surface area contributed by atoms with E-state index in [1.54, 1.807) is 6.07 Å². The number of carbonyl (C=O) groups excluding carboxylic acids is 1. The number of Topliss-reactive ketones (excluding diaryl/α,β-unsaturated/α-hetero) is 1. The third-order valence-electron chi connectivity index (χ3n) is 2.20. The molecule has 0 saturated heterocycles. The Hall–Kier alpha value is -1.44. The minimum atomic E-state index is -0.874. The summed E-state index contributed by atoms with van der Waals surface area (Å²) in [5.74, 6) is -0.138. The Morgan fingerprint density at radius 1 is 1.56 bits per heavy atom. The Morgan fingerprint density at radius 3 is 2.72 bits per heavy atom. The largest absolute Gasteiger partial charge is 0.394 e. The molecule has 0 aromatic heterocycles. The van der Waals surface area contributed by atoms with Crippen LogP contribution in [-0.2, 0) is 0 Å². The highest BCUT2D eigenvalue weighted by atomic mass is 32.2. The van der Waals surface area contributed by atoms with Crippen molar-refractivity contribution in [2.45, 2.75) is 17.9 Å². The number of benzene rings is 1. The number of nitro benzene ring substituents is 1. The first kappa shape index (κ1) is 14.6. The number of nitro groups is 1. The van der Waals surface area contributed by atoms with Gasteiger partial charge in [-0.2, -0.15) is 0 Å². The highest BCUT2D eigenvalue weighted by Crippen LogP contribution is 2.27. The van der Waals surface area contributed by atoms with Crippen LogP contribution in [-0.4, -0.2) is 39.4 Å². The van der Waals surface area contributed by atoms with Crippen LogP contribution >= 0.6 is 11.8 Å². The molecule has 1 atom stereocenters. The van der Waals surface area contributed by atoms with Gasteiger partial charge in [0.15, 0.2) is 5.78 Å². The lowest BCUT2D eigenvalue weighted by Gasteiger charge is -2.07. The standard InChI is InChI=1S/C11H13NO5S/c1-7(14)10-3-2-9(4-11(10)12(16)17)18-6-8(15)5-13/h2-4,8,13,15H,5-6H2,1H3. The van der Waals surface area contributed by atoms with Gasteiger partial charge in [0.25, 0.3) is 5.69 Å². The molecule has 7 heteroatoms. The summed E-state index contributed by atoms with van der Waals surface area (Å²) in [5.41, 5.74) is -0.182. The van der Waals surface area contributed by atoms with Crippen molar-refractivity contribution in [2.75, 3.05) is 12.4 Å². The summed E-state index contributed by atoms with van der Waals surface area (Å²) in [5, 5.41) is 28.7. The van der Waals surface area contributed by atoms with Gasteiger partial charge in [-0.25, -0.2) is 0 Å². The van der Waals surface area contributed by atoms with Gasteiger partial charge in [0.05, 0.1) is 23.2 Å². The number of hydrogen-bond acceptors (Lipinski definition) is 6. The van der Waals surface area contributed by atoms with E-state index in [2.05, 4.69) is 0 Å².